The minimum absolute atomic E-state index is 0.227. The first-order valence-electron chi connectivity index (χ1n) is 7.83. The molecule has 0 unspecified atom stereocenters. The number of carbonyl (C=O) groups is 1. The van der Waals surface area contributed by atoms with Crippen molar-refractivity contribution in [1.29, 1.82) is 0 Å². The van der Waals surface area contributed by atoms with E-state index in [1.54, 1.807) is 37.6 Å². The molecule has 0 aliphatic heterocycles. The summed E-state index contributed by atoms with van der Waals surface area (Å²) < 4.78 is 10.8. The Morgan fingerprint density at radius 1 is 1.00 bits per heavy atom. The molecular weight excluding hydrogens is 316 g/mol. The van der Waals surface area contributed by atoms with Crippen molar-refractivity contribution in [2.75, 3.05) is 12.4 Å². The molecule has 5 heteroatoms. The monoisotopic (exact) mass is 334 g/mol. The summed E-state index contributed by atoms with van der Waals surface area (Å²) in [5, 5.41) is 2.84. The number of pyridine rings is 1. The molecule has 0 spiro atoms. The van der Waals surface area contributed by atoms with Crippen molar-refractivity contribution in [2.24, 2.45) is 0 Å². The smallest absolute Gasteiger partial charge is 0.255 e. The summed E-state index contributed by atoms with van der Waals surface area (Å²) in [4.78, 5) is 16.7. The van der Waals surface area contributed by atoms with E-state index in [9.17, 15) is 4.79 Å². The summed E-state index contributed by atoms with van der Waals surface area (Å²) in [5.74, 6) is 0.772. The zero-order chi connectivity index (χ0) is 17.5. The second-order valence-corrected chi connectivity index (χ2v) is 5.36. The van der Waals surface area contributed by atoms with Gasteiger partial charge in [0.05, 0.1) is 6.61 Å². The van der Waals surface area contributed by atoms with Crippen LogP contribution in [0.4, 0.5) is 5.69 Å². The van der Waals surface area contributed by atoms with Crippen molar-refractivity contribution in [1.82, 2.24) is 4.98 Å². The molecule has 1 amide bonds. The molecule has 0 radical (unpaired) electrons. The summed E-state index contributed by atoms with van der Waals surface area (Å²) in [5.41, 5.74) is 2.07. The largest absolute Gasteiger partial charge is 0.437 e. The lowest BCUT2D eigenvalue weighted by Gasteiger charge is -2.11. The number of methoxy groups -OCH3 is 1. The van der Waals surface area contributed by atoms with E-state index in [1.165, 1.54) is 0 Å². The van der Waals surface area contributed by atoms with Crippen LogP contribution in [0, 0.1) is 0 Å². The summed E-state index contributed by atoms with van der Waals surface area (Å²) in [6.45, 7) is 0.513. The Labute approximate surface area is 146 Å². The molecule has 25 heavy (non-hydrogen) atoms. The third-order valence-electron chi connectivity index (χ3n) is 3.50. The second-order valence-electron chi connectivity index (χ2n) is 5.36. The number of para-hydroxylation sites is 1. The first-order valence-corrected chi connectivity index (χ1v) is 7.83. The molecule has 1 N–H and O–H groups in total. The number of aromatic nitrogens is 1. The van der Waals surface area contributed by atoms with Gasteiger partial charge in [-0.1, -0.05) is 30.3 Å². The number of amides is 1. The van der Waals surface area contributed by atoms with E-state index in [0.717, 1.165) is 5.56 Å². The fourth-order valence-electron chi connectivity index (χ4n) is 2.28. The van der Waals surface area contributed by atoms with Gasteiger partial charge in [-0.25, -0.2) is 4.98 Å². The lowest BCUT2D eigenvalue weighted by atomic mass is 10.1. The van der Waals surface area contributed by atoms with Crippen molar-refractivity contribution >= 4 is 11.6 Å². The number of carbonyl (C=O) groups excluding carboxylic acids is 1. The molecule has 126 valence electrons. The summed E-state index contributed by atoms with van der Waals surface area (Å²) >= 11 is 0. The Bertz CT molecular complexity index is 833. The highest BCUT2D eigenvalue weighted by atomic mass is 16.5. The topological polar surface area (TPSA) is 60.5 Å². The van der Waals surface area contributed by atoms with Gasteiger partial charge in [0.2, 0.25) is 5.88 Å². The van der Waals surface area contributed by atoms with Crippen LogP contribution in [-0.4, -0.2) is 18.0 Å². The lowest BCUT2D eigenvalue weighted by molar-refractivity contribution is 0.102. The number of benzene rings is 2. The number of hydrogen-bond donors (Lipinski definition) is 1. The Morgan fingerprint density at radius 2 is 1.76 bits per heavy atom. The molecule has 0 saturated carbocycles. The molecule has 0 aliphatic rings. The first kappa shape index (κ1) is 16.7. The highest BCUT2D eigenvalue weighted by molar-refractivity contribution is 6.04. The van der Waals surface area contributed by atoms with Crippen LogP contribution in [-0.2, 0) is 11.3 Å². The van der Waals surface area contributed by atoms with Crippen molar-refractivity contribution < 1.29 is 14.3 Å². The molecule has 2 aromatic carbocycles. The average molecular weight is 334 g/mol. The zero-order valence-electron chi connectivity index (χ0n) is 13.8. The van der Waals surface area contributed by atoms with Gasteiger partial charge in [-0.15, -0.1) is 0 Å². The van der Waals surface area contributed by atoms with E-state index in [2.05, 4.69) is 10.3 Å². The molecule has 0 saturated heterocycles. The predicted molar refractivity (Wildman–Crippen MR) is 95.9 cm³/mol. The maximum Gasteiger partial charge on any atom is 0.255 e. The van der Waals surface area contributed by atoms with Crippen LogP contribution in [0.25, 0.3) is 0 Å². The zero-order valence-corrected chi connectivity index (χ0v) is 13.8. The predicted octanol–water partition coefficient (Wildman–Crippen LogP) is 4.27. The third kappa shape index (κ3) is 4.43. The summed E-state index contributed by atoms with van der Waals surface area (Å²) in [6.07, 6.45) is 1.62. The molecule has 0 aliphatic carbocycles. The maximum absolute atomic E-state index is 12.5. The fraction of sp³-hybridized carbons (Fsp3) is 0.100. The van der Waals surface area contributed by atoms with E-state index in [0.29, 0.717) is 29.5 Å². The van der Waals surface area contributed by atoms with E-state index in [1.807, 2.05) is 42.5 Å². The number of nitrogens with one attached hydrogen (secondary N) is 1. The Kier molecular flexibility index (Phi) is 5.39. The minimum atomic E-state index is -0.227. The third-order valence-corrected chi connectivity index (χ3v) is 3.50. The quantitative estimate of drug-likeness (QED) is 0.731. The highest BCUT2D eigenvalue weighted by Gasteiger charge is 2.11. The van der Waals surface area contributed by atoms with Crippen LogP contribution in [0.3, 0.4) is 0 Å². The Morgan fingerprint density at radius 3 is 2.48 bits per heavy atom. The van der Waals surface area contributed by atoms with Gasteiger partial charge in [0.1, 0.15) is 11.4 Å². The van der Waals surface area contributed by atoms with Gasteiger partial charge in [-0.3, -0.25) is 4.79 Å². The van der Waals surface area contributed by atoms with Crippen LogP contribution in [0.5, 0.6) is 11.6 Å². The lowest BCUT2D eigenvalue weighted by Crippen LogP contribution is -2.13. The number of nitrogens with zero attached hydrogens (tertiary/aromatic N) is 1. The van der Waals surface area contributed by atoms with Gasteiger partial charge in [-0.05, 0) is 42.0 Å². The summed E-state index contributed by atoms with van der Waals surface area (Å²) in [6, 6.07) is 20.1. The molecule has 3 rings (SSSR count). The first-order chi connectivity index (χ1) is 12.3. The highest BCUT2D eigenvalue weighted by Crippen LogP contribution is 2.27. The molecule has 0 fully saturated rings. The molecule has 3 aromatic rings. The van der Waals surface area contributed by atoms with Crippen LogP contribution in [0.2, 0.25) is 0 Å². The number of rotatable bonds is 6. The van der Waals surface area contributed by atoms with Gasteiger partial charge >= 0.3 is 0 Å². The molecule has 1 heterocycles. The minimum Gasteiger partial charge on any atom is -0.437 e. The van der Waals surface area contributed by atoms with Gasteiger partial charge in [-0.2, -0.15) is 0 Å². The molecule has 0 bridgehead atoms. The van der Waals surface area contributed by atoms with Crippen molar-refractivity contribution in [3.63, 3.8) is 0 Å². The number of hydrogen-bond acceptors (Lipinski definition) is 4. The van der Waals surface area contributed by atoms with Crippen molar-refractivity contribution in [3.8, 4) is 11.6 Å². The van der Waals surface area contributed by atoms with Crippen LogP contribution in [0.15, 0.2) is 72.9 Å². The van der Waals surface area contributed by atoms with Crippen molar-refractivity contribution in [3.05, 3.63) is 84.1 Å². The molecular formula is C20H18N2O3. The number of anilines is 1. The van der Waals surface area contributed by atoms with Gasteiger partial charge in [0.15, 0.2) is 0 Å². The van der Waals surface area contributed by atoms with E-state index < -0.39 is 0 Å². The number of ether oxygens (including phenoxy) is 2. The van der Waals surface area contributed by atoms with Crippen LogP contribution in [0.1, 0.15) is 15.9 Å². The van der Waals surface area contributed by atoms with Crippen molar-refractivity contribution in [2.45, 2.75) is 6.61 Å². The Balaban J connectivity index is 1.75. The maximum atomic E-state index is 12.5. The van der Waals surface area contributed by atoms with Gasteiger partial charge in [0.25, 0.3) is 5.91 Å². The Hall–Kier alpha value is -3.18. The second kappa shape index (κ2) is 8.08. The van der Waals surface area contributed by atoms with E-state index >= 15 is 0 Å². The van der Waals surface area contributed by atoms with Crippen LogP contribution >= 0.6 is 0 Å². The van der Waals surface area contributed by atoms with E-state index in [4.69, 9.17) is 9.47 Å². The van der Waals surface area contributed by atoms with Crippen LogP contribution < -0.4 is 10.1 Å². The fourth-order valence-corrected chi connectivity index (χ4v) is 2.28. The SMILES string of the molecule is COCc1ccc(C(=O)Nc2cccnc2Oc2ccccc2)cc1. The van der Waals surface area contributed by atoms with Gasteiger partial charge < -0.3 is 14.8 Å². The average Bonchev–Trinajstić information content (AvgIpc) is 2.65. The molecule has 5 nitrogen and oxygen atoms in total. The molecule has 0 atom stereocenters. The summed E-state index contributed by atoms with van der Waals surface area (Å²) in [7, 11) is 1.64. The standard InChI is InChI=1S/C20H18N2O3/c1-24-14-15-9-11-16(12-10-15)19(23)22-18-8-5-13-21-20(18)25-17-6-3-2-4-7-17/h2-13H,14H2,1H3,(H,22,23). The van der Waals surface area contributed by atoms with Gasteiger partial charge in [0, 0.05) is 18.9 Å². The van der Waals surface area contributed by atoms with E-state index in [-0.39, 0.29) is 5.91 Å². The normalized spacial score (nSPS) is 10.3. The molecule has 1 aromatic heterocycles.